The van der Waals surface area contributed by atoms with Gasteiger partial charge < -0.3 is 19.5 Å². The summed E-state index contributed by atoms with van der Waals surface area (Å²) in [5.41, 5.74) is -0.132. The fourth-order valence-electron chi connectivity index (χ4n) is 9.56. The molecular formula is C51H64F5N3O5S. The lowest BCUT2D eigenvalue weighted by Gasteiger charge is -2.43. The predicted octanol–water partition coefficient (Wildman–Crippen LogP) is 13.5. The normalized spacial score (nSPS) is 23.6. The van der Waals surface area contributed by atoms with Crippen LogP contribution in [0.2, 0.25) is 0 Å². The van der Waals surface area contributed by atoms with E-state index < -0.39 is 46.5 Å². The number of allylic oxidation sites excluding steroid dienone is 2. The largest absolute Gasteiger partial charge is 0.507 e. The van der Waals surface area contributed by atoms with Crippen LogP contribution in [0.4, 0.5) is 22.0 Å². The van der Waals surface area contributed by atoms with Gasteiger partial charge in [-0.15, -0.1) is 11.3 Å². The molecule has 2 atom stereocenters. The third kappa shape index (κ3) is 12.6. The number of pyridine rings is 1. The Hall–Kier alpha value is -4.77. The van der Waals surface area contributed by atoms with Crippen LogP contribution in [0.3, 0.4) is 0 Å². The Morgan fingerprint density at radius 2 is 1.77 bits per heavy atom. The van der Waals surface area contributed by atoms with Crippen LogP contribution in [0, 0.1) is 28.6 Å². The number of ketones is 1. The van der Waals surface area contributed by atoms with Crippen molar-refractivity contribution in [2.75, 3.05) is 19.8 Å². The minimum Gasteiger partial charge on any atom is -0.507 e. The maximum atomic E-state index is 14.4. The van der Waals surface area contributed by atoms with E-state index >= 15 is 0 Å². The lowest BCUT2D eigenvalue weighted by atomic mass is 9.62. The van der Waals surface area contributed by atoms with Gasteiger partial charge in [-0.1, -0.05) is 69.2 Å². The van der Waals surface area contributed by atoms with Gasteiger partial charge in [0.05, 0.1) is 35.1 Å². The summed E-state index contributed by atoms with van der Waals surface area (Å²) in [5, 5.41) is 20.6. The van der Waals surface area contributed by atoms with Crippen molar-refractivity contribution in [2.24, 2.45) is 17.3 Å². The molecule has 8 nitrogen and oxygen atoms in total. The van der Waals surface area contributed by atoms with Gasteiger partial charge in [-0.25, -0.2) is 13.8 Å². The average Bonchev–Trinajstić information content (AvgIpc) is 3.72. The summed E-state index contributed by atoms with van der Waals surface area (Å²) < 4.78 is 79.4. The number of alkyl halides is 5. The number of carbonyl (C=O) groups is 2. The number of nitriles is 1. The van der Waals surface area contributed by atoms with E-state index in [0.29, 0.717) is 70.1 Å². The number of fused-ring (bicyclic) bond motifs is 2. The first-order valence-corrected chi connectivity index (χ1v) is 23.9. The van der Waals surface area contributed by atoms with Crippen molar-refractivity contribution in [1.29, 1.82) is 5.26 Å². The minimum atomic E-state index is -4.79. The van der Waals surface area contributed by atoms with Gasteiger partial charge in [-0.3, -0.25) is 9.59 Å². The maximum Gasteiger partial charge on any atom is 0.417 e. The smallest absolute Gasteiger partial charge is 0.417 e. The topological polar surface area (TPSA) is 113 Å². The molecule has 2 saturated carbocycles. The minimum absolute atomic E-state index is 0.0280. The number of aromatic nitrogens is 1. The standard InChI is InChI=1S/C42H50F3N3O4.C6H6F2OS.C3H8/c1-29(2)40(19-10-20-40)21-11-27-51-35-15-7-6-13-32(35)41(28-46)22-16-30(17-23-41)37(49)31-12-9-25-48-34(31)14-5-3-4-8-26-52-38-36(39(48)50)33(18-24-47-38)42(43,44)45;1-6(7,8)5-2-4(9)3-10-5;1-3-2/h3,5-7,13,15,18,24,30-31,34H,1,4,8-12,14,16-17,19-23,25-27H2,2H3;2-3,9H,1H3;3H2,1-2H3/b5-3-;;. The van der Waals surface area contributed by atoms with Gasteiger partial charge >= 0.3 is 6.18 Å². The van der Waals surface area contributed by atoms with Crippen molar-refractivity contribution in [3.63, 3.8) is 0 Å². The van der Waals surface area contributed by atoms with Crippen molar-refractivity contribution in [1.82, 2.24) is 9.88 Å². The number of carbonyl (C=O) groups excluding carboxylic acids is 2. The van der Waals surface area contributed by atoms with E-state index in [2.05, 4.69) is 38.4 Å². The molecule has 65 heavy (non-hydrogen) atoms. The summed E-state index contributed by atoms with van der Waals surface area (Å²) in [6.45, 7) is 12.3. The van der Waals surface area contributed by atoms with E-state index in [1.165, 1.54) is 41.5 Å². The highest BCUT2D eigenvalue weighted by Crippen LogP contribution is 2.50. The summed E-state index contributed by atoms with van der Waals surface area (Å²) in [6, 6.07) is 11.6. The van der Waals surface area contributed by atoms with Crippen molar-refractivity contribution >= 4 is 23.0 Å². The Balaban J connectivity index is 0.000000529. The number of aromatic hydroxyl groups is 1. The first-order chi connectivity index (χ1) is 30.9. The molecule has 0 spiro atoms. The SMILES string of the molecule is C=C(C)C1(CCCOc2ccccc2C2(C#N)CCC(C(=O)C3CCCN4C(=O)c5c(C(F)(F)F)ccnc5OCCC/C=C\CC34)CC2)CCC1.CC(F)(F)c1cc(O)cs1.CCC. The lowest BCUT2D eigenvalue weighted by molar-refractivity contribution is -0.138. The molecule has 3 fully saturated rings. The summed E-state index contributed by atoms with van der Waals surface area (Å²) in [4.78, 5) is 33.9. The zero-order valence-electron chi connectivity index (χ0n) is 38.2. The van der Waals surface area contributed by atoms with Crippen molar-refractivity contribution in [3.05, 3.63) is 93.8 Å². The number of benzene rings is 1. The monoisotopic (exact) mass is 925 g/mol. The molecule has 1 N–H and O–H groups in total. The van der Waals surface area contributed by atoms with Crippen LogP contribution >= 0.6 is 11.3 Å². The van der Waals surface area contributed by atoms with Crippen molar-refractivity contribution in [2.45, 2.75) is 148 Å². The van der Waals surface area contributed by atoms with Crippen LogP contribution in [0.1, 0.15) is 150 Å². The Morgan fingerprint density at radius 1 is 1.06 bits per heavy atom. The zero-order chi connectivity index (χ0) is 47.4. The van der Waals surface area contributed by atoms with E-state index in [0.717, 1.165) is 55.0 Å². The van der Waals surface area contributed by atoms with Gasteiger partial charge in [0.2, 0.25) is 5.88 Å². The summed E-state index contributed by atoms with van der Waals surface area (Å²) in [6.07, 6.45) is 11.6. The number of ether oxygens (including phenoxy) is 2. The van der Waals surface area contributed by atoms with E-state index in [9.17, 15) is 36.8 Å². The van der Waals surface area contributed by atoms with Gasteiger partial charge in [0.1, 0.15) is 22.8 Å². The second kappa shape index (κ2) is 22.6. The number of hydrogen-bond acceptors (Lipinski definition) is 8. The third-order valence-corrected chi connectivity index (χ3v) is 14.4. The van der Waals surface area contributed by atoms with Crippen LogP contribution in [0.15, 0.2) is 72.3 Å². The molecule has 1 aromatic carbocycles. The number of Topliss-reactive ketones (excluding diaryl/α,β-unsaturated/α-hetero) is 1. The van der Waals surface area contributed by atoms with E-state index in [1.807, 2.05) is 36.4 Å². The summed E-state index contributed by atoms with van der Waals surface area (Å²) >= 11 is 0.856. The number of halogens is 5. The van der Waals surface area contributed by atoms with E-state index in [-0.39, 0.29) is 46.8 Å². The van der Waals surface area contributed by atoms with Gasteiger partial charge in [-0.05, 0) is 114 Å². The van der Waals surface area contributed by atoms with Crippen LogP contribution < -0.4 is 9.47 Å². The molecule has 2 aliphatic heterocycles. The molecule has 7 rings (SSSR count). The highest BCUT2D eigenvalue weighted by molar-refractivity contribution is 7.10. The highest BCUT2D eigenvalue weighted by atomic mass is 32.1. The fraction of sp³-hybridized carbons (Fsp3) is 0.569. The second-order valence-corrected chi connectivity index (χ2v) is 19.0. The Kier molecular flexibility index (Phi) is 17.8. The fourth-order valence-corrected chi connectivity index (χ4v) is 10.3. The molecule has 1 saturated heterocycles. The number of piperidine rings is 1. The molecule has 0 bridgehead atoms. The highest BCUT2D eigenvalue weighted by Gasteiger charge is 2.47. The van der Waals surface area contributed by atoms with Crippen LogP contribution in [-0.4, -0.2) is 52.5 Å². The van der Waals surface area contributed by atoms with Gasteiger partial charge in [0.15, 0.2) is 0 Å². The summed E-state index contributed by atoms with van der Waals surface area (Å²) in [7, 11) is 0. The van der Waals surface area contributed by atoms with E-state index in [1.54, 1.807) is 0 Å². The molecule has 2 aliphatic carbocycles. The number of para-hydroxylation sites is 1. The second-order valence-electron chi connectivity index (χ2n) is 18.0. The van der Waals surface area contributed by atoms with Crippen LogP contribution in [0.25, 0.3) is 0 Å². The average molecular weight is 926 g/mol. The first-order valence-electron chi connectivity index (χ1n) is 23.1. The molecule has 3 aromatic rings. The zero-order valence-corrected chi connectivity index (χ0v) is 39.0. The first kappa shape index (κ1) is 51.2. The molecule has 354 valence electrons. The van der Waals surface area contributed by atoms with Crippen molar-refractivity contribution in [3.8, 4) is 23.4 Å². The lowest BCUT2D eigenvalue weighted by Crippen LogP contribution is -2.52. The molecule has 4 heterocycles. The molecular weight excluding hydrogens is 862 g/mol. The number of thiophene rings is 1. The molecule has 2 unspecified atom stereocenters. The molecule has 4 aliphatic rings. The van der Waals surface area contributed by atoms with Crippen LogP contribution in [0.5, 0.6) is 17.4 Å². The van der Waals surface area contributed by atoms with Gasteiger partial charge in [0.25, 0.3) is 11.8 Å². The summed E-state index contributed by atoms with van der Waals surface area (Å²) in [5.74, 6) is -4.16. The molecule has 0 radical (unpaired) electrons. The maximum absolute atomic E-state index is 14.4. The number of hydrogen-bond donors (Lipinski definition) is 1. The number of nitrogens with zero attached hydrogens (tertiary/aromatic N) is 3. The third-order valence-electron chi connectivity index (χ3n) is 13.3. The number of rotatable bonds is 10. The number of amides is 1. The predicted molar refractivity (Wildman–Crippen MR) is 243 cm³/mol. The van der Waals surface area contributed by atoms with E-state index in [4.69, 9.17) is 14.6 Å². The van der Waals surface area contributed by atoms with Crippen molar-refractivity contribution < 1.29 is 46.1 Å². The Labute approximate surface area is 384 Å². The van der Waals surface area contributed by atoms with Gasteiger partial charge in [-0.2, -0.15) is 18.4 Å². The Morgan fingerprint density at radius 3 is 2.35 bits per heavy atom. The van der Waals surface area contributed by atoms with Crippen LogP contribution in [-0.2, 0) is 22.3 Å². The molecule has 14 heteroatoms. The molecule has 1 amide bonds. The molecule has 2 aromatic heterocycles. The Bertz CT molecular complexity index is 2150. The van der Waals surface area contributed by atoms with Gasteiger partial charge in [0, 0.05) is 48.5 Å². The quantitative estimate of drug-likeness (QED) is 0.122.